The standard InChI is InChI=1S/C17H20N4O2/c1-10-6-14(9-15-7-11(2)20-21-15)19-16(18-10)12-4-5-13(8-12)17(22)23-3/h4,6-7,13H,5,8-9H2,1-3H3,(H,20,21). The monoisotopic (exact) mass is 312 g/mol. The van der Waals surface area contributed by atoms with Gasteiger partial charge in [-0.25, -0.2) is 9.97 Å². The molecule has 120 valence electrons. The van der Waals surface area contributed by atoms with E-state index in [1.54, 1.807) is 0 Å². The number of carbonyl (C=O) groups excluding carboxylic acids is 1. The van der Waals surface area contributed by atoms with Crippen molar-refractivity contribution in [3.63, 3.8) is 0 Å². The zero-order valence-electron chi connectivity index (χ0n) is 13.6. The van der Waals surface area contributed by atoms with Crippen LogP contribution in [0.3, 0.4) is 0 Å². The fraction of sp³-hybridized carbons (Fsp3) is 0.412. The summed E-state index contributed by atoms with van der Waals surface area (Å²) in [5.74, 6) is 0.423. The Bertz CT molecular complexity index is 764. The molecule has 0 amide bonds. The molecule has 0 saturated heterocycles. The number of H-pyrrole nitrogens is 1. The predicted molar refractivity (Wildman–Crippen MR) is 85.6 cm³/mol. The van der Waals surface area contributed by atoms with Gasteiger partial charge in [0.25, 0.3) is 0 Å². The van der Waals surface area contributed by atoms with Crippen LogP contribution in [0.1, 0.15) is 41.4 Å². The van der Waals surface area contributed by atoms with Crippen LogP contribution in [-0.4, -0.2) is 33.2 Å². The number of allylic oxidation sites excluding steroid dienone is 2. The maximum Gasteiger partial charge on any atom is 0.309 e. The highest BCUT2D eigenvalue weighted by Crippen LogP contribution is 2.31. The molecule has 0 saturated carbocycles. The van der Waals surface area contributed by atoms with Gasteiger partial charge in [0, 0.05) is 17.8 Å². The Kier molecular flexibility index (Phi) is 4.23. The SMILES string of the molecule is COC(=O)C1CC=C(c2nc(C)cc(Cc3cc(C)[nH]n3)n2)C1. The van der Waals surface area contributed by atoms with E-state index < -0.39 is 0 Å². The van der Waals surface area contributed by atoms with Crippen LogP contribution in [0.4, 0.5) is 0 Å². The van der Waals surface area contributed by atoms with E-state index >= 15 is 0 Å². The van der Waals surface area contributed by atoms with E-state index in [2.05, 4.69) is 20.2 Å². The first-order valence-corrected chi connectivity index (χ1v) is 7.68. The number of hydrogen-bond donors (Lipinski definition) is 1. The summed E-state index contributed by atoms with van der Waals surface area (Å²) in [5.41, 5.74) is 4.86. The fourth-order valence-corrected chi connectivity index (χ4v) is 2.86. The van der Waals surface area contributed by atoms with Gasteiger partial charge in [0.15, 0.2) is 5.82 Å². The van der Waals surface area contributed by atoms with Gasteiger partial charge in [-0.2, -0.15) is 5.10 Å². The zero-order valence-corrected chi connectivity index (χ0v) is 13.6. The smallest absolute Gasteiger partial charge is 0.309 e. The minimum absolute atomic E-state index is 0.114. The van der Waals surface area contributed by atoms with Gasteiger partial charge in [-0.05, 0) is 44.4 Å². The number of hydrogen-bond acceptors (Lipinski definition) is 5. The number of carbonyl (C=O) groups is 1. The molecule has 1 unspecified atom stereocenters. The van der Waals surface area contributed by atoms with Crippen molar-refractivity contribution in [3.8, 4) is 0 Å². The van der Waals surface area contributed by atoms with Crippen LogP contribution in [0, 0.1) is 19.8 Å². The molecule has 1 atom stereocenters. The van der Waals surface area contributed by atoms with Gasteiger partial charge in [0.2, 0.25) is 0 Å². The third kappa shape index (κ3) is 3.47. The predicted octanol–water partition coefficient (Wildman–Crippen LogP) is 2.37. The maximum absolute atomic E-state index is 11.7. The van der Waals surface area contributed by atoms with Gasteiger partial charge in [0.05, 0.1) is 24.4 Å². The third-order valence-corrected chi connectivity index (χ3v) is 3.97. The van der Waals surface area contributed by atoms with Crippen LogP contribution < -0.4 is 0 Å². The molecule has 6 nitrogen and oxygen atoms in total. The molecule has 2 aromatic heterocycles. The summed E-state index contributed by atoms with van der Waals surface area (Å²) in [5, 5.41) is 7.19. The van der Waals surface area contributed by atoms with Crippen LogP contribution in [0.2, 0.25) is 0 Å². The molecule has 0 spiro atoms. The van der Waals surface area contributed by atoms with E-state index in [1.807, 2.05) is 32.1 Å². The molecule has 0 fully saturated rings. The van der Waals surface area contributed by atoms with E-state index in [1.165, 1.54) is 7.11 Å². The van der Waals surface area contributed by atoms with Gasteiger partial charge in [0.1, 0.15) is 0 Å². The lowest BCUT2D eigenvalue weighted by Crippen LogP contribution is -2.13. The van der Waals surface area contributed by atoms with E-state index in [0.717, 1.165) is 28.3 Å². The van der Waals surface area contributed by atoms with E-state index in [0.29, 0.717) is 25.1 Å². The number of ether oxygens (including phenoxy) is 1. The van der Waals surface area contributed by atoms with Crippen LogP contribution in [0.25, 0.3) is 5.57 Å². The molecule has 0 aliphatic heterocycles. The highest BCUT2D eigenvalue weighted by Gasteiger charge is 2.26. The minimum atomic E-state index is -0.170. The largest absolute Gasteiger partial charge is 0.469 e. The molecule has 6 heteroatoms. The van der Waals surface area contributed by atoms with Gasteiger partial charge in [-0.3, -0.25) is 9.89 Å². The Morgan fingerprint density at radius 2 is 2.13 bits per heavy atom. The molecule has 3 rings (SSSR count). The van der Waals surface area contributed by atoms with Crippen molar-refractivity contribution in [2.45, 2.75) is 33.1 Å². The summed E-state index contributed by atoms with van der Waals surface area (Å²) in [4.78, 5) is 20.8. The first-order valence-electron chi connectivity index (χ1n) is 7.68. The molecule has 0 aromatic carbocycles. The Balaban J connectivity index is 1.80. The Morgan fingerprint density at radius 3 is 2.83 bits per heavy atom. The Labute approximate surface area is 135 Å². The Hall–Kier alpha value is -2.50. The lowest BCUT2D eigenvalue weighted by molar-refractivity contribution is -0.144. The van der Waals surface area contributed by atoms with Crippen molar-refractivity contribution >= 4 is 11.5 Å². The summed E-state index contributed by atoms with van der Waals surface area (Å²) in [6, 6.07) is 3.99. The quantitative estimate of drug-likeness (QED) is 0.877. The summed E-state index contributed by atoms with van der Waals surface area (Å²) in [7, 11) is 1.42. The van der Waals surface area contributed by atoms with Crippen molar-refractivity contribution in [1.82, 2.24) is 20.2 Å². The number of aryl methyl sites for hydroxylation is 2. The van der Waals surface area contributed by atoms with Crippen molar-refractivity contribution in [2.24, 2.45) is 5.92 Å². The summed E-state index contributed by atoms with van der Waals surface area (Å²) in [6.45, 7) is 3.93. The lowest BCUT2D eigenvalue weighted by atomic mass is 10.1. The average molecular weight is 312 g/mol. The van der Waals surface area contributed by atoms with Gasteiger partial charge in [-0.15, -0.1) is 0 Å². The number of aromatic nitrogens is 4. The zero-order chi connectivity index (χ0) is 16.4. The van der Waals surface area contributed by atoms with Crippen LogP contribution in [0.5, 0.6) is 0 Å². The molecular formula is C17H20N4O2. The molecule has 23 heavy (non-hydrogen) atoms. The van der Waals surface area contributed by atoms with Gasteiger partial charge in [-0.1, -0.05) is 6.08 Å². The van der Waals surface area contributed by atoms with Crippen LogP contribution >= 0.6 is 0 Å². The molecular weight excluding hydrogens is 292 g/mol. The topological polar surface area (TPSA) is 80.8 Å². The van der Waals surface area contributed by atoms with Crippen LogP contribution in [-0.2, 0) is 16.0 Å². The molecule has 1 aliphatic carbocycles. The number of nitrogens with one attached hydrogen (secondary N) is 1. The van der Waals surface area contributed by atoms with Crippen LogP contribution in [0.15, 0.2) is 18.2 Å². The second-order valence-corrected chi connectivity index (χ2v) is 5.93. The Morgan fingerprint density at radius 1 is 1.30 bits per heavy atom. The number of aromatic amines is 1. The normalized spacial score (nSPS) is 17.2. The van der Waals surface area contributed by atoms with Crippen molar-refractivity contribution in [3.05, 3.63) is 46.8 Å². The highest BCUT2D eigenvalue weighted by atomic mass is 16.5. The van der Waals surface area contributed by atoms with E-state index in [4.69, 9.17) is 4.74 Å². The van der Waals surface area contributed by atoms with Crippen molar-refractivity contribution in [1.29, 1.82) is 0 Å². The van der Waals surface area contributed by atoms with Crippen molar-refractivity contribution < 1.29 is 9.53 Å². The number of nitrogens with zero attached hydrogens (tertiary/aromatic N) is 3. The molecule has 2 heterocycles. The summed E-state index contributed by atoms with van der Waals surface area (Å²) in [6.07, 6.45) is 4.03. The average Bonchev–Trinajstić information content (AvgIpc) is 3.15. The van der Waals surface area contributed by atoms with Gasteiger partial charge >= 0.3 is 5.97 Å². The van der Waals surface area contributed by atoms with E-state index in [-0.39, 0.29) is 11.9 Å². The highest BCUT2D eigenvalue weighted by molar-refractivity contribution is 5.78. The molecule has 0 radical (unpaired) electrons. The second kappa shape index (κ2) is 6.32. The molecule has 2 aromatic rings. The van der Waals surface area contributed by atoms with E-state index in [9.17, 15) is 4.79 Å². The summed E-state index contributed by atoms with van der Waals surface area (Å²) >= 11 is 0. The fourth-order valence-electron chi connectivity index (χ4n) is 2.86. The molecule has 1 N–H and O–H groups in total. The third-order valence-electron chi connectivity index (χ3n) is 3.97. The first kappa shape index (κ1) is 15.4. The minimum Gasteiger partial charge on any atom is -0.469 e. The number of methoxy groups -OCH3 is 1. The number of esters is 1. The van der Waals surface area contributed by atoms with Crippen molar-refractivity contribution in [2.75, 3.05) is 7.11 Å². The molecule has 0 bridgehead atoms. The number of rotatable bonds is 4. The lowest BCUT2D eigenvalue weighted by Gasteiger charge is -2.08. The van der Waals surface area contributed by atoms with Gasteiger partial charge < -0.3 is 4.74 Å². The second-order valence-electron chi connectivity index (χ2n) is 5.93. The first-order chi connectivity index (χ1) is 11.0. The maximum atomic E-state index is 11.7. The summed E-state index contributed by atoms with van der Waals surface area (Å²) < 4.78 is 4.82. The molecule has 1 aliphatic rings.